The first-order valence-electron chi connectivity index (χ1n) is 6.96. The number of alkyl halides is 2. The lowest BCUT2D eigenvalue weighted by Gasteiger charge is -2.21. The van der Waals surface area contributed by atoms with Crippen molar-refractivity contribution in [3.63, 3.8) is 0 Å². The number of rotatable bonds is 9. The molecule has 0 saturated heterocycles. The number of halogens is 2. The van der Waals surface area contributed by atoms with Gasteiger partial charge in [-0.2, -0.15) is 8.78 Å². The molecule has 0 aliphatic carbocycles. The summed E-state index contributed by atoms with van der Waals surface area (Å²) in [6.45, 7) is 2.07. The summed E-state index contributed by atoms with van der Waals surface area (Å²) >= 11 is 0. The molecular weight excluding hydrogens is 264 g/mol. The van der Waals surface area contributed by atoms with Crippen molar-refractivity contribution >= 4 is 0 Å². The summed E-state index contributed by atoms with van der Waals surface area (Å²) in [5.74, 6) is 0.586. The molecule has 20 heavy (non-hydrogen) atoms. The van der Waals surface area contributed by atoms with Gasteiger partial charge in [0, 0.05) is 18.2 Å². The van der Waals surface area contributed by atoms with E-state index in [-0.39, 0.29) is 18.4 Å². The quantitative estimate of drug-likeness (QED) is 0.732. The largest absolute Gasteiger partial charge is 0.434 e. The zero-order valence-corrected chi connectivity index (χ0v) is 12.0. The van der Waals surface area contributed by atoms with Crippen molar-refractivity contribution in [3.05, 3.63) is 29.8 Å². The Bertz CT molecular complexity index is 388. The maximum atomic E-state index is 12.4. The monoisotopic (exact) mass is 287 g/mol. The molecule has 2 atom stereocenters. The van der Waals surface area contributed by atoms with Crippen molar-refractivity contribution in [2.45, 2.75) is 39.3 Å². The normalized spacial score (nSPS) is 14.3. The average Bonchev–Trinajstić information content (AvgIpc) is 2.43. The highest BCUT2D eigenvalue weighted by atomic mass is 19.3. The Balaban J connectivity index is 2.64. The third-order valence-electron chi connectivity index (χ3n) is 3.43. The van der Waals surface area contributed by atoms with Crippen LogP contribution in [0.15, 0.2) is 24.3 Å². The van der Waals surface area contributed by atoms with E-state index in [0.717, 1.165) is 19.4 Å². The lowest BCUT2D eigenvalue weighted by atomic mass is 10.0. The number of nitrogens with one attached hydrogen (secondary N) is 1. The number of benzene rings is 1. The standard InChI is InChI=1S/C15H23F2NO2/c1-3-12(8-9-19)10-18-11(2)13-6-4-5-7-14(13)20-15(16)17/h4-7,11-12,15,18-19H,3,8-10H2,1-2H3. The number of para-hydroxylation sites is 1. The number of hydrogen-bond acceptors (Lipinski definition) is 3. The van der Waals surface area contributed by atoms with Crippen molar-refractivity contribution in [2.24, 2.45) is 5.92 Å². The Hall–Kier alpha value is -1.20. The zero-order chi connectivity index (χ0) is 15.0. The van der Waals surface area contributed by atoms with Gasteiger partial charge in [-0.05, 0) is 31.9 Å². The number of aliphatic hydroxyl groups is 1. The molecule has 0 aromatic heterocycles. The molecule has 3 nitrogen and oxygen atoms in total. The fourth-order valence-electron chi connectivity index (χ4n) is 2.13. The second kappa shape index (κ2) is 8.87. The van der Waals surface area contributed by atoms with Crippen molar-refractivity contribution in [1.82, 2.24) is 5.32 Å². The van der Waals surface area contributed by atoms with E-state index in [2.05, 4.69) is 17.0 Å². The van der Waals surface area contributed by atoms with E-state index in [1.165, 1.54) is 0 Å². The molecule has 5 heteroatoms. The van der Waals surface area contributed by atoms with E-state index >= 15 is 0 Å². The molecule has 0 saturated carbocycles. The first-order valence-corrected chi connectivity index (χ1v) is 6.96. The third-order valence-corrected chi connectivity index (χ3v) is 3.43. The Morgan fingerprint density at radius 3 is 2.60 bits per heavy atom. The van der Waals surface area contributed by atoms with Gasteiger partial charge in [-0.1, -0.05) is 31.5 Å². The Kier molecular flexibility index (Phi) is 7.47. The van der Waals surface area contributed by atoms with Gasteiger partial charge in [-0.3, -0.25) is 0 Å². The van der Waals surface area contributed by atoms with Crippen LogP contribution in [0.1, 0.15) is 38.3 Å². The summed E-state index contributed by atoms with van der Waals surface area (Å²) in [6, 6.07) is 6.72. The van der Waals surface area contributed by atoms with Crippen LogP contribution in [0.3, 0.4) is 0 Å². The number of ether oxygens (including phenoxy) is 1. The molecule has 0 amide bonds. The molecule has 2 unspecified atom stereocenters. The highest BCUT2D eigenvalue weighted by Crippen LogP contribution is 2.26. The van der Waals surface area contributed by atoms with Crippen LogP contribution >= 0.6 is 0 Å². The minimum Gasteiger partial charge on any atom is -0.434 e. The van der Waals surface area contributed by atoms with Crippen LogP contribution in [0.5, 0.6) is 5.75 Å². The minimum absolute atomic E-state index is 0.0855. The maximum Gasteiger partial charge on any atom is 0.387 e. The van der Waals surface area contributed by atoms with Gasteiger partial charge in [0.1, 0.15) is 5.75 Å². The van der Waals surface area contributed by atoms with Crippen LogP contribution in [0.2, 0.25) is 0 Å². The van der Waals surface area contributed by atoms with Crippen LogP contribution in [-0.2, 0) is 0 Å². The Morgan fingerprint density at radius 1 is 1.30 bits per heavy atom. The van der Waals surface area contributed by atoms with E-state index in [1.807, 2.05) is 6.92 Å². The summed E-state index contributed by atoms with van der Waals surface area (Å²) < 4.78 is 29.3. The van der Waals surface area contributed by atoms with Gasteiger partial charge >= 0.3 is 6.61 Å². The predicted molar refractivity (Wildman–Crippen MR) is 75.0 cm³/mol. The molecule has 1 aromatic rings. The SMILES string of the molecule is CCC(CCO)CNC(C)c1ccccc1OC(F)F. The highest BCUT2D eigenvalue weighted by molar-refractivity contribution is 5.35. The van der Waals surface area contributed by atoms with E-state index in [1.54, 1.807) is 24.3 Å². The van der Waals surface area contributed by atoms with Crippen molar-refractivity contribution in [1.29, 1.82) is 0 Å². The molecule has 0 radical (unpaired) electrons. The molecule has 1 aromatic carbocycles. The molecule has 0 aliphatic heterocycles. The zero-order valence-electron chi connectivity index (χ0n) is 12.0. The maximum absolute atomic E-state index is 12.4. The number of aliphatic hydroxyl groups excluding tert-OH is 1. The average molecular weight is 287 g/mol. The van der Waals surface area contributed by atoms with Crippen LogP contribution in [0.4, 0.5) is 8.78 Å². The molecule has 1 rings (SSSR count). The first kappa shape index (κ1) is 16.9. The van der Waals surface area contributed by atoms with Gasteiger partial charge in [0.05, 0.1) is 0 Å². The van der Waals surface area contributed by atoms with Crippen LogP contribution in [0.25, 0.3) is 0 Å². The summed E-state index contributed by atoms with van der Waals surface area (Å²) in [4.78, 5) is 0. The van der Waals surface area contributed by atoms with Gasteiger partial charge < -0.3 is 15.2 Å². The highest BCUT2D eigenvalue weighted by Gasteiger charge is 2.15. The molecular formula is C15H23F2NO2. The molecule has 0 spiro atoms. The minimum atomic E-state index is -2.82. The van der Waals surface area contributed by atoms with E-state index in [0.29, 0.717) is 11.5 Å². The smallest absolute Gasteiger partial charge is 0.387 e. The van der Waals surface area contributed by atoms with Gasteiger partial charge in [0.2, 0.25) is 0 Å². The summed E-state index contributed by atoms with van der Waals surface area (Å²) in [7, 11) is 0. The predicted octanol–water partition coefficient (Wildman–Crippen LogP) is 3.35. The summed E-state index contributed by atoms with van der Waals surface area (Å²) in [5, 5.41) is 12.3. The lowest BCUT2D eigenvalue weighted by molar-refractivity contribution is -0.0506. The van der Waals surface area contributed by atoms with Crippen molar-refractivity contribution in [3.8, 4) is 5.75 Å². The fourth-order valence-corrected chi connectivity index (χ4v) is 2.13. The molecule has 2 N–H and O–H groups in total. The second-order valence-electron chi connectivity index (χ2n) is 4.83. The molecule has 0 fully saturated rings. The first-order chi connectivity index (χ1) is 9.58. The van der Waals surface area contributed by atoms with Crippen molar-refractivity contribution in [2.75, 3.05) is 13.2 Å². The molecule has 0 heterocycles. The molecule has 0 aliphatic rings. The lowest BCUT2D eigenvalue weighted by Crippen LogP contribution is -2.26. The van der Waals surface area contributed by atoms with E-state index < -0.39 is 6.61 Å². The molecule has 114 valence electrons. The topological polar surface area (TPSA) is 41.5 Å². The van der Waals surface area contributed by atoms with Crippen molar-refractivity contribution < 1.29 is 18.6 Å². The Morgan fingerprint density at radius 2 is 2.00 bits per heavy atom. The van der Waals surface area contributed by atoms with Crippen LogP contribution in [0, 0.1) is 5.92 Å². The molecule has 0 bridgehead atoms. The third kappa shape index (κ3) is 5.43. The summed E-state index contributed by atoms with van der Waals surface area (Å²) in [5.41, 5.74) is 0.714. The van der Waals surface area contributed by atoms with Gasteiger partial charge in [0.25, 0.3) is 0 Å². The fraction of sp³-hybridized carbons (Fsp3) is 0.600. The van der Waals surface area contributed by atoms with Gasteiger partial charge in [-0.25, -0.2) is 0 Å². The van der Waals surface area contributed by atoms with Gasteiger partial charge in [-0.15, -0.1) is 0 Å². The van der Waals surface area contributed by atoms with Crippen LogP contribution in [-0.4, -0.2) is 24.9 Å². The van der Waals surface area contributed by atoms with E-state index in [9.17, 15) is 8.78 Å². The van der Waals surface area contributed by atoms with Gasteiger partial charge in [0.15, 0.2) is 0 Å². The Labute approximate surface area is 119 Å². The number of hydrogen-bond donors (Lipinski definition) is 2. The second-order valence-corrected chi connectivity index (χ2v) is 4.83. The van der Waals surface area contributed by atoms with Crippen LogP contribution < -0.4 is 10.1 Å². The van der Waals surface area contributed by atoms with E-state index in [4.69, 9.17) is 5.11 Å². The summed E-state index contributed by atoms with van der Waals surface area (Å²) in [6.07, 6.45) is 1.71.